The van der Waals surface area contributed by atoms with Crippen LogP contribution in [0.25, 0.3) is 0 Å². The molecule has 0 aliphatic rings. The van der Waals surface area contributed by atoms with E-state index in [4.69, 9.17) is 0 Å². The van der Waals surface area contributed by atoms with Crippen molar-refractivity contribution in [1.29, 1.82) is 0 Å². The summed E-state index contributed by atoms with van der Waals surface area (Å²) in [5.41, 5.74) is 2.08. The van der Waals surface area contributed by atoms with Crippen LogP contribution in [0.3, 0.4) is 0 Å². The minimum atomic E-state index is 0.155. The highest BCUT2D eigenvalue weighted by molar-refractivity contribution is 5.78. The van der Waals surface area contributed by atoms with Crippen LogP contribution in [0, 0.1) is 12.8 Å². The molecule has 0 saturated carbocycles. The highest BCUT2D eigenvalue weighted by Crippen LogP contribution is 2.13. The first-order valence-corrected chi connectivity index (χ1v) is 6.45. The number of carbonyl (C=O) groups excluding carboxylic acids is 1. The van der Waals surface area contributed by atoms with E-state index in [1.54, 1.807) is 6.20 Å². The number of aryl methyl sites for hydroxylation is 1. The van der Waals surface area contributed by atoms with E-state index in [9.17, 15) is 4.79 Å². The summed E-state index contributed by atoms with van der Waals surface area (Å²) in [5, 5.41) is 9.79. The van der Waals surface area contributed by atoms with Crippen molar-refractivity contribution >= 4 is 5.91 Å². The van der Waals surface area contributed by atoms with E-state index in [-0.39, 0.29) is 11.8 Å². The number of rotatable bonds is 7. The fraction of sp³-hybridized carbons (Fsp3) is 0.692. The van der Waals surface area contributed by atoms with Crippen molar-refractivity contribution < 1.29 is 4.79 Å². The van der Waals surface area contributed by atoms with Crippen LogP contribution in [0.1, 0.15) is 50.8 Å². The van der Waals surface area contributed by atoms with E-state index in [2.05, 4.69) is 29.4 Å². The summed E-state index contributed by atoms with van der Waals surface area (Å²) in [6, 6.07) is 0. The van der Waals surface area contributed by atoms with Crippen LogP contribution in [-0.2, 0) is 11.3 Å². The molecule has 1 aromatic rings. The molecule has 1 atom stereocenters. The van der Waals surface area contributed by atoms with Crippen LogP contribution in [-0.4, -0.2) is 16.1 Å². The first-order valence-electron chi connectivity index (χ1n) is 6.45. The summed E-state index contributed by atoms with van der Waals surface area (Å²) in [6.07, 6.45) is 5.93. The minimum absolute atomic E-state index is 0.155. The maximum absolute atomic E-state index is 11.9. The van der Waals surface area contributed by atoms with E-state index in [0.29, 0.717) is 6.54 Å². The van der Waals surface area contributed by atoms with Crippen molar-refractivity contribution in [3.8, 4) is 0 Å². The third-order valence-corrected chi connectivity index (χ3v) is 3.16. The van der Waals surface area contributed by atoms with Crippen molar-refractivity contribution in [2.45, 2.75) is 53.0 Å². The number of aromatic nitrogens is 2. The monoisotopic (exact) mass is 237 g/mol. The summed E-state index contributed by atoms with van der Waals surface area (Å²) in [5.74, 6) is 0.323. The number of amides is 1. The van der Waals surface area contributed by atoms with Gasteiger partial charge in [0, 0.05) is 23.7 Å². The average molecular weight is 237 g/mol. The van der Waals surface area contributed by atoms with Gasteiger partial charge in [0.2, 0.25) is 5.91 Å². The third-order valence-electron chi connectivity index (χ3n) is 3.16. The molecule has 0 fully saturated rings. The van der Waals surface area contributed by atoms with E-state index in [1.807, 2.05) is 6.92 Å². The molecule has 1 heterocycles. The zero-order valence-electron chi connectivity index (χ0n) is 11.0. The van der Waals surface area contributed by atoms with Crippen molar-refractivity contribution in [1.82, 2.24) is 15.5 Å². The summed E-state index contributed by atoms with van der Waals surface area (Å²) in [4.78, 5) is 11.9. The van der Waals surface area contributed by atoms with Gasteiger partial charge in [-0.1, -0.05) is 26.7 Å². The fourth-order valence-electron chi connectivity index (χ4n) is 1.85. The lowest BCUT2D eigenvalue weighted by atomic mass is 9.98. The Kier molecular flexibility index (Phi) is 5.73. The molecule has 4 nitrogen and oxygen atoms in total. The Morgan fingerprint density at radius 1 is 1.53 bits per heavy atom. The van der Waals surface area contributed by atoms with Gasteiger partial charge in [-0.2, -0.15) is 5.10 Å². The second kappa shape index (κ2) is 7.09. The lowest BCUT2D eigenvalue weighted by Gasteiger charge is -2.14. The molecule has 96 valence electrons. The van der Waals surface area contributed by atoms with Gasteiger partial charge in [-0.05, 0) is 19.8 Å². The molecule has 1 amide bonds. The van der Waals surface area contributed by atoms with Crippen LogP contribution in [0.5, 0.6) is 0 Å². The molecule has 2 N–H and O–H groups in total. The van der Waals surface area contributed by atoms with E-state index in [1.165, 1.54) is 0 Å². The Morgan fingerprint density at radius 2 is 2.29 bits per heavy atom. The largest absolute Gasteiger partial charge is 0.352 e. The molecule has 0 radical (unpaired) electrons. The van der Waals surface area contributed by atoms with Gasteiger partial charge in [-0.3, -0.25) is 9.89 Å². The highest BCUT2D eigenvalue weighted by Gasteiger charge is 2.15. The van der Waals surface area contributed by atoms with Crippen molar-refractivity contribution in [3.63, 3.8) is 0 Å². The number of carbonyl (C=O) groups is 1. The molecule has 0 aliphatic carbocycles. The zero-order valence-corrected chi connectivity index (χ0v) is 11.0. The maximum atomic E-state index is 11.9. The average Bonchev–Trinajstić information content (AvgIpc) is 2.73. The number of nitrogens with zero attached hydrogens (tertiary/aromatic N) is 1. The number of unbranched alkanes of at least 4 members (excludes halogenated alkanes) is 1. The Bertz CT molecular complexity index is 346. The van der Waals surface area contributed by atoms with Gasteiger partial charge in [-0.25, -0.2) is 0 Å². The minimum Gasteiger partial charge on any atom is -0.352 e. The maximum Gasteiger partial charge on any atom is 0.223 e. The molecule has 1 aromatic heterocycles. The van der Waals surface area contributed by atoms with Crippen LogP contribution in [0.15, 0.2) is 6.20 Å². The lowest BCUT2D eigenvalue weighted by Crippen LogP contribution is -2.30. The summed E-state index contributed by atoms with van der Waals surface area (Å²) >= 11 is 0. The van der Waals surface area contributed by atoms with Crippen molar-refractivity contribution in [3.05, 3.63) is 17.5 Å². The van der Waals surface area contributed by atoms with Gasteiger partial charge >= 0.3 is 0 Å². The predicted octanol–water partition coefficient (Wildman–Crippen LogP) is 2.55. The molecule has 0 bridgehead atoms. The summed E-state index contributed by atoms with van der Waals surface area (Å²) in [7, 11) is 0. The van der Waals surface area contributed by atoms with Gasteiger partial charge in [0.15, 0.2) is 0 Å². The quantitative estimate of drug-likeness (QED) is 0.765. The van der Waals surface area contributed by atoms with Crippen molar-refractivity contribution in [2.24, 2.45) is 5.92 Å². The molecular formula is C13H23N3O. The molecule has 0 aliphatic heterocycles. The van der Waals surface area contributed by atoms with Gasteiger partial charge in [0.05, 0.1) is 6.20 Å². The second-order valence-corrected chi connectivity index (χ2v) is 4.49. The number of H-pyrrole nitrogens is 1. The summed E-state index contributed by atoms with van der Waals surface area (Å²) in [6.45, 7) is 6.76. The normalized spacial score (nSPS) is 12.4. The molecule has 1 unspecified atom stereocenters. The first-order chi connectivity index (χ1) is 8.19. The zero-order chi connectivity index (χ0) is 12.7. The van der Waals surface area contributed by atoms with E-state index >= 15 is 0 Å². The summed E-state index contributed by atoms with van der Waals surface area (Å²) < 4.78 is 0. The van der Waals surface area contributed by atoms with Crippen LogP contribution in [0.4, 0.5) is 0 Å². The molecule has 1 rings (SSSR count). The smallest absolute Gasteiger partial charge is 0.223 e. The Morgan fingerprint density at radius 3 is 2.82 bits per heavy atom. The first kappa shape index (κ1) is 13.7. The second-order valence-electron chi connectivity index (χ2n) is 4.49. The number of aromatic amines is 1. The molecule has 17 heavy (non-hydrogen) atoms. The molecule has 0 aromatic carbocycles. The van der Waals surface area contributed by atoms with Crippen LogP contribution < -0.4 is 5.32 Å². The number of nitrogens with one attached hydrogen (secondary N) is 2. The Hall–Kier alpha value is -1.32. The van der Waals surface area contributed by atoms with Crippen LogP contribution in [0.2, 0.25) is 0 Å². The van der Waals surface area contributed by atoms with Gasteiger partial charge in [-0.15, -0.1) is 0 Å². The van der Waals surface area contributed by atoms with Gasteiger partial charge in [0.1, 0.15) is 0 Å². The van der Waals surface area contributed by atoms with Crippen LogP contribution >= 0.6 is 0 Å². The van der Waals surface area contributed by atoms with E-state index in [0.717, 1.165) is 36.9 Å². The number of hydrogen-bond acceptors (Lipinski definition) is 2. The predicted molar refractivity (Wildman–Crippen MR) is 68.5 cm³/mol. The molecule has 0 saturated heterocycles. The fourth-order valence-corrected chi connectivity index (χ4v) is 1.85. The van der Waals surface area contributed by atoms with Crippen molar-refractivity contribution in [2.75, 3.05) is 0 Å². The third kappa shape index (κ3) is 4.21. The van der Waals surface area contributed by atoms with E-state index < -0.39 is 0 Å². The highest BCUT2D eigenvalue weighted by atomic mass is 16.1. The molecule has 4 heteroatoms. The number of hydrogen-bond donors (Lipinski definition) is 2. The molecule has 0 spiro atoms. The lowest BCUT2D eigenvalue weighted by molar-refractivity contribution is -0.125. The molecular weight excluding hydrogens is 214 g/mol. The SMILES string of the molecule is CCCCC(CC)C(=O)NCc1cn[nH]c1C. The van der Waals surface area contributed by atoms with Gasteiger partial charge in [0.25, 0.3) is 0 Å². The Balaban J connectivity index is 2.39. The standard InChI is InChI=1S/C13H23N3O/c1-4-6-7-11(5-2)13(17)14-8-12-9-15-16-10(12)3/h9,11H,4-8H2,1-3H3,(H,14,17)(H,15,16). The Labute approximate surface area is 103 Å². The van der Waals surface area contributed by atoms with Gasteiger partial charge < -0.3 is 5.32 Å². The topological polar surface area (TPSA) is 57.8 Å².